The van der Waals surface area contributed by atoms with Crippen LogP contribution in [0.15, 0.2) is 0 Å². The van der Waals surface area contributed by atoms with Crippen LogP contribution in [0.4, 0.5) is 0 Å². The first-order valence-corrected chi connectivity index (χ1v) is 5.27. The third kappa shape index (κ3) is 3.06. The van der Waals surface area contributed by atoms with Gasteiger partial charge in [0.2, 0.25) is 0 Å². The quantitative estimate of drug-likeness (QED) is 0.697. The molecule has 0 fully saturated rings. The minimum Gasteiger partial charge on any atom is -0.322 e. The van der Waals surface area contributed by atoms with Crippen molar-refractivity contribution in [2.24, 2.45) is 5.73 Å². The molecule has 0 bridgehead atoms. The smallest absolute Gasteiger partial charge is 0.167 e. The van der Waals surface area contributed by atoms with Gasteiger partial charge in [0.1, 0.15) is 0 Å². The highest BCUT2D eigenvalue weighted by atomic mass is 15.5. The van der Waals surface area contributed by atoms with E-state index in [1.807, 2.05) is 6.92 Å². The number of rotatable bonds is 6. The number of aryl methyl sites for hydroxylation is 1. The van der Waals surface area contributed by atoms with Gasteiger partial charge in [0.05, 0.1) is 6.04 Å². The summed E-state index contributed by atoms with van der Waals surface area (Å²) in [6.45, 7) is 4.97. The molecule has 0 spiro atoms. The zero-order valence-electron chi connectivity index (χ0n) is 8.98. The Morgan fingerprint density at radius 3 is 2.79 bits per heavy atom. The van der Waals surface area contributed by atoms with Gasteiger partial charge in [-0.2, -0.15) is 0 Å². The molecule has 5 heteroatoms. The number of nitrogens with two attached hydrogens (primary N) is 1. The lowest BCUT2D eigenvalue weighted by atomic mass is 10.2. The molecule has 14 heavy (non-hydrogen) atoms. The normalized spacial score (nSPS) is 13.1. The molecular formula is C9H19N5. The van der Waals surface area contributed by atoms with Crippen LogP contribution in [0.5, 0.6) is 0 Å². The maximum atomic E-state index is 5.73. The van der Waals surface area contributed by atoms with Crippen LogP contribution in [0.25, 0.3) is 0 Å². The largest absolute Gasteiger partial charge is 0.322 e. The van der Waals surface area contributed by atoms with E-state index in [2.05, 4.69) is 22.4 Å². The maximum absolute atomic E-state index is 5.73. The van der Waals surface area contributed by atoms with Crippen LogP contribution in [-0.4, -0.2) is 20.2 Å². The number of nitrogens with zero attached hydrogens (tertiary/aromatic N) is 4. The molecule has 1 aromatic rings. The number of tetrazole rings is 1. The molecule has 80 valence electrons. The van der Waals surface area contributed by atoms with Gasteiger partial charge in [-0.25, -0.2) is 4.68 Å². The average molecular weight is 197 g/mol. The Morgan fingerprint density at radius 1 is 1.36 bits per heavy atom. The maximum Gasteiger partial charge on any atom is 0.167 e. The first kappa shape index (κ1) is 11.1. The first-order chi connectivity index (χ1) is 6.75. The molecule has 1 unspecified atom stereocenters. The Labute approximate surface area is 84.7 Å². The van der Waals surface area contributed by atoms with Crippen LogP contribution in [0.3, 0.4) is 0 Å². The lowest BCUT2D eigenvalue weighted by molar-refractivity contribution is 0.499. The summed E-state index contributed by atoms with van der Waals surface area (Å²) in [6.07, 6.45) is 4.87. The molecule has 2 N–H and O–H groups in total. The lowest BCUT2D eigenvalue weighted by Crippen LogP contribution is -2.14. The van der Waals surface area contributed by atoms with Crippen molar-refractivity contribution in [3.63, 3.8) is 0 Å². The van der Waals surface area contributed by atoms with E-state index in [4.69, 9.17) is 5.73 Å². The summed E-state index contributed by atoms with van der Waals surface area (Å²) >= 11 is 0. The van der Waals surface area contributed by atoms with E-state index in [0.717, 1.165) is 18.8 Å². The summed E-state index contributed by atoms with van der Waals surface area (Å²) in [4.78, 5) is 0. The first-order valence-electron chi connectivity index (χ1n) is 5.27. The van der Waals surface area contributed by atoms with Crippen molar-refractivity contribution in [1.29, 1.82) is 0 Å². The predicted octanol–water partition coefficient (Wildman–Crippen LogP) is 1.27. The number of aromatic nitrogens is 4. The van der Waals surface area contributed by atoms with E-state index >= 15 is 0 Å². The van der Waals surface area contributed by atoms with Crippen LogP contribution in [0.1, 0.15) is 51.4 Å². The van der Waals surface area contributed by atoms with Gasteiger partial charge in [0, 0.05) is 6.54 Å². The summed E-state index contributed by atoms with van der Waals surface area (Å²) in [5.74, 6) is 0.779. The zero-order chi connectivity index (χ0) is 10.4. The van der Waals surface area contributed by atoms with Crippen LogP contribution >= 0.6 is 0 Å². The van der Waals surface area contributed by atoms with Crippen molar-refractivity contribution < 1.29 is 0 Å². The van der Waals surface area contributed by atoms with Gasteiger partial charge in [-0.15, -0.1) is 5.10 Å². The topological polar surface area (TPSA) is 69.6 Å². The Morgan fingerprint density at radius 2 is 2.14 bits per heavy atom. The van der Waals surface area contributed by atoms with E-state index in [9.17, 15) is 0 Å². The van der Waals surface area contributed by atoms with Crippen LogP contribution in [0.2, 0.25) is 0 Å². The fourth-order valence-corrected chi connectivity index (χ4v) is 1.39. The van der Waals surface area contributed by atoms with E-state index in [1.165, 1.54) is 19.3 Å². The molecule has 1 atom stereocenters. The second-order valence-electron chi connectivity index (χ2n) is 3.61. The van der Waals surface area contributed by atoms with Crippen molar-refractivity contribution in [2.45, 2.75) is 52.1 Å². The minimum atomic E-state index is -0.0869. The monoisotopic (exact) mass is 197 g/mol. The Kier molecular flexibility index (Phi) is 4.52. The second-order valence-corrected chi connectivity index (χ2v) is 3.61. The highest BCUT2D eigenvalue weighted by Gasteiger charge is 2.09. The van der Waals surface area contributed by atoms with Crippen LogP contribution < -0.4 is 5.73 Å². The highest BCUT2D eigenvalue weighted by molar-refractivity contribution is 4.86. The zero-order valence-corrected chi connectivity index (χ0v) is 8.98. The molecule has 0 amide bonds. The highest BCUT2D eigenvalue weighted by Crippen LogP contribution is 2.06. The molecule has 0 radical (unpaired) electrons. The molecule has 5 nitrogen and oxygen atoms in total. The summed E-state index contributed by atoms with van der Waals surface area (Å²) in [5, 5.41) is 11.4. The van der Waals surface area contributed by atoms with Gasteiger partial charge >= 0.3 is 0 Å². The standard InChI is InChI=1S/C9H19N5/c1-3-4-5-6-7-14-9(8(2)10)11-12-13-14/h8H,3-7,10H2,1-2H3. The predicted molar refractivity (Wildman–Crippen MR) is 54.6 cm³/mol. The molecular weight excluding hydrogens is 178 g/mol. The summed E-state index contributed by atoms with van der Waals surface area (Å²) in [7, 11) is 0. The SMILES string of the molecule is CCCCCCn1nnnc1C(C)N. The van der Waals surface area contributed by atoms with Crippen molar-refractivity contribution in [3.05, 3.63) is 5.82 Å². The van der Waals surface area contributed by atoms with Gasteiger partial charge in [0.25, 0.3) is 0 Å². The number of hydrogen-bond acceptors (Lipinski definition) is 4. The van der Waals surface area contributed by atoms with Crippen molar-refractivity contribution >= 4 is 0 Å². The van der Waals surface area contributed by atoms with Gasteiger partial charge in [-0.1, -0.05) is 26.2 Å². The Hall–Kier alpha value is -0.970. The lowest BCUT2D eigenvalue weighted by Gasteiger charge is -2.06. The molecule has 0 saturated heterocycles. The molecule has 0 saturated carbocycles. The van der Waals surface area contributed by atoms with Crippen LogP contribution in [0, 0.1) is 0 Å². The van der Waals surface area contributed by atoms with Crippen molar-refractivity contribution in [1.82, 2.24) is 20.2 Å². The van der Waals surface area contributed by atoms with Gasteiger partial charge in [-0.3, -0.25) is 0 Å². The number of hydrogen-bond donors (Lipinski definition) is 1. The fraction of sp³-hybridized carbons (Fsp3) is 0.889. The van der Waals surface area contributed by atoms with E-state index < -0.39 is 0 Å². The molecule has 0 aliphatic rings. The molecule has 1 rings (SSSR count). The molecule has 0 aliphatic carbocycles. The molecule has 0 aliphatic heterocycles. The van der Waals surface area contributed by atoms with Crippen molar-refractivity contribution in [3.8, 4) is 0 Å². The van der Waals surface area contributed by atoms with E-state index in [-0.39, 0.29) is 6.04 Å². The average Bonchev–Trinajstić information content (AvgIpc) is 2.60. The van der Waals surface area contributed by atoms with Gasteiger partial charge in [0.15, 0.2) is 5.82 Å². The van der Waals surface area contributed by atoms with E-state index in [1.54, 1.807) is 4.68 Å². The Bertz CT molecular complexity index is 255. The van der Waals surface area contributed by atoms with Crippen LogP contribution in [-0.2, 0) is 6.54 Å². The minimum absolute atomic E-state index is 0.0869. The summed E-state index contributed by atoms with van der Waals surface area (Å²) in [5.41, 5.74) is 5.73. The second kappa shape index (κ2) is 5.70. The van der Waals surface area contributed by atoms with Gasteiger partial charge in [-0.05, 0) is 23.8 Å². The molecule has 1 aromatic heterocycles. The molecule has 0 aromatic carbocycles. The molecule has 1 heterocycles. The summed E-state index contributed by atoms with van der Waals surface area (Å²) in [6, 6.07) is -0.0869. The third-order valence-electron chi connectivity index (χ3n) is 2.19. The van der Waals surface area contributed by atoms with Crippen molar-refractivity contribution in [2.75, 3.05) is 0 Å². The summed E-state index contributed by atoms with van der Waals surface area (Å²) < 4.78 is 1.81. The van der Waals surface area contributed by atoms with E-state index in [0.29, 0.717) is 0 Å². The fourth-order valence-electron chi connectivity index (χ4n) is 1.39. The van der Waals surface area contributed by atoms with Gasteiger partial charge < -0.3 is 5.73 Å². The Balaban J connectivity index is 2.38. The number of unbranched alkanes of at least 4 members (excludes halogenated alkanes) is 3. The third-order valence-corrected chi connectivity index (χ3v) is 2.19.